The van der Waals surface area contributed by atoms with Crippen molar-refractivity contribution in [3.8, 4) is 0 Å². The molecular formula is C16H28N2O2. The second kappa shape index (κ2) is 8.45. The number of ether oxygens (including phenoxy) is 2. The number of nitrogens with zero attached hydrogens (tertiary/aromatic N) is 2. The van der Waals surface area contributed by atoms with Crippen molar-refractivity contribution in [3.05, 3.63) is 24.4 Å². The van der Waals surface area contributed by atoms with Crippen LogP contribution in [0.3, 0.4) is 0 Å². The molecule has 4 heteroatoms. The molecule has 2 unspecified atom stereocenters. The zero-order valence-corrected chi connectivity index (χ0v) is 12.8. The third kappa shape index (κ3) is 4.08. The smallest absolute Gasteiger partial charge is 0.170 e. The molecule has 0 saturated carbocycles. The highest BCUT2D eigenvalue weighted by atomic mass is 16.6. The predicted molar refractivity (Wildman–Crippen MR) is 81.2 cm³/mol. The zero-order chi connectivity index (χ0) is 14.2. The number of hydrogen-bond acceptors (Lipinski definition) is 4. The molecule has 0 N–H and O–H groups in total. The lowest BCUT2D eigenvalue weighted by Crippen LogP contribution is -2.54. The topological polar surface area (TPSA) is 24.9 Å². The van der Waals surface area contributed by atoms with Gasteiger partial charge in [-0.1, -0.05) is 18.6 Å². The van der Waals surface area contributed by atoms with Crippen molar-refractivity contribution in [2.75, 3.05) is 32.8 Å². The lowest BCUT2D eigenvalue weighted by atomic mass is 10.1. The molecule has 0 amide bonds. The predicted octanol–water partition coefficient (Wildman–Crippen LogP) is 2.58. The molecule has 0 aromatic heterocycles. The Morgan fingerprint density at radius 3 is 2.25 bits per heavy atom. The number of allylic oxidation sites excluding steroid dienone is 2. The van der Waals surface area contributed by atoms with E-state index < -0.39 is 0 Å². The Labute approximate surface area is 123 Å². The number of piperidine rings is 1. The van der Waals surface area contributed by atoms with Gasteiger partial charge >= 0.3 is 0 Å². The van der Waals surface area contributed by atoms with E-state index in [1.165, 1.54) is 19.3 Å². The second-order valence-corrected chi connectivity index (χ2v) is 5.25. The van der Waals surface area contributed by atoms with E-state index in [1.807, 2.05) is 0 Å². The average Bonchev–Trinajstić information content (AvgIpc) is 2.52. The third-order valence-corrected chi connectivity index (χ3v) is 3.84. The Morgan fingerprint density at radius 1 is 0.950 bits per heavy atom. The van der Waals surface area contributed by atoms with Crippen molar-refractivity contribution in [2.45, 2.75) is 45.6 Å². The van der Waals surface area contributed by atoms with Gasteiger partial charge in [-0.3, -0.25) is 4.90 Å². The van der Waals surface area contributed by atoms with Crippen LogP contribution >= 0.6 is 0 Å². The minimum absolute atomic E-state index is 0.0244. The van der Waals surface area contributed by atoms with Crippen LogP contribution in [-0.4, -0.2) is 55.1 Å². The van der Waals surface area contributed by atoms with Gasteiger partial charge in [0.1, 0.15) is 0 Å². The highest BCUT2D eigenvalue weighted by molar-refractivity contribution is 5.09. The van der Waals surface area contributed by atoms with Crippen LogP contribution in [0.5, 0.6) is 0 Å². The standard InChI is InChI=1S/C16H28N2O2/c1-3-19-15(17-11-7-5-8-12-17)16(20-4-2)18-13-9-6-10-14-18/h5,7-8,11,15-16H,3-4,6,9-10,12-14H2,1-2H3. The maximum atomic E-state index is 6.05. The number of hydrogen-bond donors (Lipinski definition) is 0. The summed E-state index contributed by atoms with van der Waals surface area (Å²) >= 11 is 0. The molecule has 1 fully saturated rings. The van der Waals surface area contributed by atoms with E-state index in [0.29, 0.717) is 6.61 Å². The molecule has 0 aromatic rings. The summed E-state index contributed by atoms with van der Waals surface area (Å²) in [7, 11) is 0. The SMILES string of the molecule is CCOC(C(OCC)N1CCCCC1)N1C=CC=CC1. The normalized spacial score (nSPS) is 23.0. The van der Waals surface area contributed by atoms with Gasteiger partial charge in [-0.15, -0.1) is 0 Å². The van der Waals surface area contributed by atoms with Gasteiger partial charge in [-0.25, -0.2) is 0 Å². The first-order chi connectivity index (χ1) is 9.86. The van der Waals surface area contributed by atoms with E-state index in [1.54, 1.807) is 0 Å². The Hall–Kier alpha value is -0.840. The minimum Gasteiger partial charge on any atom is -0.359 e. The van der Waals surface area contributed by atoms with E-state index in [-0.39, 0.29) is 12.5 Å². The Kier molecular flexibility index (Phi) is 6.57. The molecule has 1 saturated heterocycles. The largest absolute Gasteiger partial charge is 0.359 e. The fourth-order valence-corrected chi connectivity index (χ4v) is 2.90. The highest BCUT2D eigenvalue weighted by Gasteiger charge is 2.32. The molecular weight excluding hydrogens is 252 g/mol. The molecule has 0 radical (unpaired) electrons. The molecule has 2 aliphatic rings. The molecule has 2 aliphatic heterocycles. The number of likely N-dealkylation sites (tertiary alicyclic amines) is 1. The lowest BCUT2D eigenvalue weighted by molar-refractivity contribution is -0.185. The molecule has 114 valence electrons. The van der Waals surface area contributed by atoms with Crippen LogP contribution in [0.25, 0.3) is 0 Å². The fraction of sp³-hybridized carbons (Fsp3) is 0.750. The van der Waals surface area contributed by atoms with Crippen LogP contribution in [0.2, 0.25) is 0 Å². The van der Waals surface area contributed by atoms with Gasteiger partial charge in [-0.2, -0.15) is 0 Å². The summed E-state index contributed by atoms with van der Waals surface area (Å²) in [4.78, 5) is 4.68. The molecule has 4 nitrogen and oxygen atoms in total. The van der Waals surface area contributed by atoms with Gasteiger partial charge in [0, 0.05) is 39.0 Å². The zero-order valence-electron chi connectivity index (χ0n) is 12.8. The molecule has 0 spiro atoms. The maximum Gasteiger partial charge on any atom is 0.170 e. The fourth-order valence-electron chi connectivity index (χ4n) is 2.90. The second-order valence-electron chi connectivity index (χ2n) is 5.25. The number of rotatable bonds is 7. The van der Waals surface area contributed by atoms with E-state index >= 15 is 0 Å². The lowest BCUT2D eigenvalue weighted by Gasteiger charge is -2.42. The van der Waals surface area contributed by atoms with E-state index in [9.17, 15) is 0 Å². The molecule has 2 heterocycles. The van der Waals surface area contributed by atoms with Gasteiger partial charge in [0.05, 0.1) is 0 Å². The van der Waals surface area contributed by atoms with Crippen molar-refractivity contribution in [1.82, 2.24) is 9.80 Å². The van der Waals surface area contributed by atoms with Gasteiger partial charge in [0.15, 0.2) is 12.5 Å². The first kappa shape index (κ1) is 15.5. The Bertz CT molecular complexity index is 324. The van der Waals surface area contributed by atoms with E-state index in [4.69, 9.17) is 9.47 Å². The molecule has 0 aromatic carbocycles. The van der Waals surface area contributed by atoms with Gasteiger partial charge in [-0.05, 0) is 32.8 Å². The van der Waals surface area contributed by atoms with Crippen molar-refractivity contribution < 1.29 is 9.47 Å². The molecule has 20 heavy (non-hydrogen) atoms. The monoisotopic (exact) mass is 280 g/mol. The summed E-state index contributed by atoms with van der Waals surface area (Å²) in [6.07, 6.45) is 12.3. The third-order valence-electron chi connectivity index (χ3n) is 3.84. The van der Waals surface area contributed by atoms with Crippen LogP contribution in [-0.2, 0) is 9.47 Å². The Morgan fingerprint density at radius 2 is 1.65 bits per heavy atom. The van der Waals surface area contributed by atoms with Crippen LogP contribution in [0.1, 0.15) is 33.1 Å². The van der Waals surface area contributed by atoms with E-state index in [2.05, 4.69) is 48.1 Å². The van der Waals surface area contributed by atoms with E-state index in [0.717, 1.165) is 26.2 Å². The molecule has 0 bridgehead atoms. The summed E-state index contributed by atoms with van der Waals surface area (Å²) in [5.41, 5.74) is 0. The summed E-state index contributed by atoms with van der Waals surface area (Å²) in [6.45, 7) is 8.65. The van der Waals surface area contributed by atoms with Gasteiger partial charge in [0.2, 0.25) is 0 Å². The van der Waals surface area contributed by atoms with Crippen molar-refractivity contribution in [2.24, 2.45) is 0 Å². The van der Waals surface area contributed by atoms with Crippen LogP contribution in [0.15, 0.2) is 24.4 Å². The first-order valence-electron chi connectivity index (χ1n) is 7.93. The molecule has 2 rings (SSSR count). The highest BCUT2D eigenvalue weighted by Crippen LogP contribution is 2.21. The van der Waals surface area contributed by atoms with Crippen LogP contribution in [0.4, 0.5) is 0 Å². The van der Waals surface area contributed by atoms with Crippen molar-refractivity contribution in [1.29, 1.82) is 0 Å². The van der Waals surface area contributed by atoms with Crippen LogP contribution < -0.4 is 0 Å². The summed E-state index contributed by atoms with van der Waals surface area (Å²) in [6, 6.07) is 0. The Balaban J connectivity index is 2.08. The minimum atomic E-state index is -0.0285. The summed E-state index contributed by atoms with van der Waals surface area (Å²) in [5.74, 6) is 0. The van der Waals surface area contributed by atoms with Crippen LogP contribution in [0, 0.1) is 0 Å². The first-order valence-corrected chi connectivity index (χ1v) is 7.93. The van der Waals surface area contributed by atoms with Gasteiger partial charge in [0.25, 0.3) is 0 Å². The van der Waals surface area contributed by atoms with Crippen molar-refractivity contribution >= 4 is 0 Å². The van der Waals surface area contributed by atoms with Crippen molar-refractivity contribution in [3.63, 3.8) is 0 Å². The molecule has 0 aliphatic carbocycles. The maximum absolute atomic E-state index is 6.05. The summed E-state index contributed by atoms with van der Waals surface area (Å²) < 4.78 is 12.1. The summed E-state index contributed by atoms with van der Waals surface area (Å²) in [5, 5.41) is 0. The average molecular weight is 280 g/mol. The quantitative estimate of drug-likeness (QED) is 0.715. The van der Waals surface area contributed by atoms with Gasteiger partial charge < -0.3 is 14.4 Å². The molecule has 2 atom stereocenters.